The average molecular weight is 447 g/mol. The van der Waals surface area contributed by atoms with E-state index in [-0.39, 0.29) is 12.0 Å². The van der Waals surface area contributed by atoms with Gasteiger partial charge in [-0.15, -0.1) is 0 Å². The SMILES string of the molecule is Cc1cccc(Cn2cc(NC(=O)c3ccc4c(c3)CCN(C(=O)OC(C)(C)C)C4)cn2)c1. The molecular formula is C26H30N4O3. The zero-order chi connectivity index (χ0) is 23.6. The molecule has 0 saturated heterocycles. The Hall–Kier alpha value is -3.61. The van der Waals surface area contributed by atoms with Gasteiger partial charge in [0.25, 0.3) is 5.91 Å². The molecule has 4 rings (SSSR count). The van der Waals surface area contributed by atoms with Crippen LogP contribution in [0.25, 0.3) is 0 Å². The summed E-state index contributed by atoms with van der Waals surface area (Å²) in [6, 6.07) is 13.9. The lowest BCUT2D eigenvalue weighted by Gasteiger charge is -2.31. The lowest BCUT2D eigenvalue weighted by molar-refractivity contribution is 0.0224. The molecule has 33 heavy (non-hydrogen) atoms. The Morgan fingerprint density at radius 3 is 2.70 bits per heavy atom. The Labute approximate surface area is 194 Å². The van der Waals surface area contributed by atoms with E-state index in [4.69, 9.17) is 4.74 Å². The summed E-state index contributed by atoms with van der Waals surface area (Å²) in [7, 11) is 0. The first-order valence-electron chi connectivity index (χ1n) is 11.2. The highest BCUT2D eigenvalue weighted by Crippen LogP contribution is 2.23. The van der Waals surface area contributed by atoms with Gasteiger partial charge in [0.1, 0.15) is 5.60 Å². The van der Waals surface area contributed by atoms with Crippen molar-refractivity contribution >= 4 is 17.7 Å². The second-order valence-corrected chi connectivity index (χ2v) is 9.51. The summed E-state index contributed by atoms with van der Waals surface area (Å²) in [5.74, 6) is -0.178. The van der Waals surface area contributed by atoms with Gasteiger partial charge in [0.15, 0.2) is 0 Å². The number of carbonyl (C=O) groups is 2. The molecule has 0 aliphatic carbocycles. The number of hydrogen-bond acceptors (Lipinski definition) is 4. The molecule has 7 heteroatoms. The number of aryl methyl sites for hydroxylation is 1. The number of hydrogen-bond donors (Lipinski definition) is 1. The van der Waals surface area contributed by atoms with Crippen molar-refractivity contribution in [2.75, 3.05) is 11.9 Å². The van der Waals surface area contributed by atoms with E-state index in [2.05, 4.69) is 35.5 Å². The molecule has 0 unspecified atom stereocenters. The summed E-state index contributed by atoms with van der Waals surface area (Å²) in [6.45, 7) is 9.34. The Morgan fingerprint density at radius 2 is 1.94 bits per heavy atom. The maximum absolute atomic E-state index is 12.8. The average Bonchev–Trinajstić information content (AvgIpc) is 3.18. The van der Waals surface area contributed by atoms with Crippen molar-refractivity contribution in [1.82, 2.24) is 14.7 Å². The topological polar surface area (TPSA) is 76.5 Å². The molecule has 3 aromatic rings. The van der Waals surface area contributed by atoms with Crippen LogP contribution in [-0.2, 0) is 24.2 Å². The minimum absolute atomic E-state index is 0.178. The summed E-state index contributed by atoms with van der Waals surface area (Å²) < 4.78 is 7.29. The van der Waals surface area contributed by atoms with Gasteiger partial charge < -0.3 is 15.0 Å². The maximum Gasteiger partial charge on any atom is 0.410 e. The van der Waals surface area contributed by atoms with Gasteiger partial charge in [0, 0.05) is 24.8 Å². The largest absolute Gasteiger partial charge is 0.444 e. The number of ether oxygens (including phenoxy) is 1. The van der Waals surface area contributed by atoms with Crippen molar-refractivity contribution in [3.63, 3.8) is 0 Å². The van der Waals surface area contributed by atoms with Crippen molar-refractivity contribution < 1.29 is 14.3 Å². The summed E-state index contributed by atoms with van der Waals surface area (Å²) >= 11 is 0. The molecule has 2 aromatic carbocycles. The van der Waals surface area contributed by atoms with Gasteiger partial charge in [0.05, 0.1) is 18.4 Å². The quantitative estimate of drug-likeness (QED) is 0.625. The molecule has 0 atom stereocenters. The van der Waals surface area contributed by atoms with Crippen molar-refractivity contribution in [3.8, 4) is 0 Å². The van der Waals surface area contributed by atoms with E-state index in [1.54, 1.807) is 17.2 Å². The fourth-order valence-electron chi connectivity index (χ4n) is 3.89. The Bertz CT molecular complexity index is 1180. The standard InChI is InChI=1S/C26H30N4O3/c1-18-6-5-7-19(12-18)15-30-17-23(14-27-30)28-24(31)21-8-9-22-16-29(11-10-20(22)13-21)25(32)33-26(2,3)4/h5-9,12-14,17H,10-11,15-16H2,1-4H3,(H,28,31). The molecule has 2 amide bonds. The number of amides is 2. The van der Waals surface area contributed by atoms with Crippen molar-refractivity contribution in [1.29, 1.82) is 0 Å². The number of fused-ring (bicyclic) bond motifs is 1. The summed E-state index contributed by atoms with van der Waals surface area (Å²) in [4.78, 5) is 26.9. The van der Waals surface area contributed by atoms with E-state index in [9.17, 15) is 9.59 Å². The lowest BCUT2D eigenvalue weighted by atomic mass is 9.97. The van der Waals surface area contributed by atoms with Crippen molar-refractivity contribution in [2.45, 2.75) is 52.8 Å². The first-order valence-corrected chi connectivity index (χ1v) is 11.2. The number of aromatic nitrogens is 2. The van der Waals surface area contributed by atoms with Gasteiger partial charge >= 0.3 is 6.09 Å². The van der Waals surface area contributed by atoms with Crippen molar-refractivity contribution in [3.05, 3.63) is 82.7 Å². The third-order valence-electron chi connectivity index (χ3n) is 5.45. The van der Waals surface area contributed by atoms with E-state index >= 15 is 0 Å². The van der Waals surface area contributed by atoms with Crippen LogP contribution in [0, 0.1) is 6.92 Å². The van der Waals surface area contributed by atoms with Crippen LogP contribution in [0.1, 0.15) is 53.4 Å². The first kappa shape index (κ1) is 22.6. The van der Waals surface area contributed by atoms with Gasteiger partial charge in [0.2, 0.25) is 0 Å². The molecule has 1 aliphatic rings. The molecular weight excluding hydrogens is 416 g/mol. The van der Waals surface area contributed by atoms with Gasteiger partial charge in [-0.25, -0.2) is 4.79 Å². The molecule has 0 fully saturated rings. The van der Waals surface area contributed by atoms with E-state index < -0.39 is 5.60 Å². The Kier molecular flexibility index (Phi) is 6.22. The van der Waals surface area contributed by atoms with Crippen LogP contribution in [0.4, 0.5) is 10.5 Å². The van der Waals surface area contributed by atoms with Crippen molar-refractivity contribution in [2.24, 2.45) is 0 Å². The highest BCUT2D eigenvalue weighted by atomic mass is 16.6. The van der Waals surface area contributed by atoms with Crippen LogP contribution in [0.5, 0.6) is 0 Å². The zero-order valence-corrected chi connectivity index (χ0v) is 19.6. The highest BCUT2D eigenvalue weighted by molar-refractivity contribution is 6.04. The molecule has 0 spiro atoms. The second kappa shape index (κ2) is 9.10. The maximum atomic E-state index is 12.8. The highest BCUT2D eigenvalue weighted by Gasteiger charge is 2.26. The number of nitrogens with one attached hydrogen (secondary N) is 1. The predicted molar refractivity (Wildman–Crippen MR) is 127 cm³/mol. The van der Waals surface area contributed by atoms with Crippen LogP contribution in [0.15, 0.2) is 54.9 Å². The second-order valence-electron chi connectivity index (χ2n) is 9.51. The third-order valence-corrected chi connectivity index (χ3v) is 5.45. The molecule has 1 N–H and O–H groups in total. The smallest absolute Gasteiger partial charge is 0.410 e. The Morgan fingerprint density at radius 1 is 1.12 bits per heavy atom. The molecule has 7 nitrogen and oxygen atoms in total. The number of anilines is 1. The monoisotopic (exact) mass is 446 g/mol. The minimum atomic E-state index is -0.521. The molecule has 0 saturated carbocycles. The molecule has 0 radical (unpaired) electrons. The summed E-state index contributed by atoms with van der Waals surface area (Å²) in [5, 5.41) is 7.29. The molecule has 0 bridgehead atoms. The van der Waals surface area contributed by atoms with Crippen LogP contribution in [0.3, 0.4) is 0 Å². The predicted octanol–water partition coefficient (Wildman–Crippen LogP) is 4.79. The number of benzene rings is 2. The Balaban J connectivity index is 1.38. The van der Waals surface area contributed by atoms with Gasteiger partial charge in [-0.3, -0.25) is 9.48 Å². The zero-order valence-electron chi connectivity index (χ0n) is 19.6. The fraction of sp³-hybridized carbons (Fsp3) is 0.346. The number of nitrogens with zero attached hydrogens (tertiary/aromatic N) is 3. The minimum Gasteiger partial charge on any atom is -0.444 e. The van der Waals surface area contributed by atoms with E-state index in [0.717, 1.165) is 16.7 Å². The normalized spacial score (nSPS) is 13.4. The van der Waals surface area contributed by atoms with Crippen LogP contribution in [0.2, 0.25) is 0 Å². The van der Waals surface area contributed by atoms with Crippen LogP contribution < -0.4 is 5.32 Å². The lowest BCUT2D eigenvalue weighted by Crippen LogP contribution is -2.39. The van der Waals surface area contributed by atoms with E-state index in [1.807, 2.05) is 49.8 Å². The van der Waals surface area contributed by atoms with E-state index in [1.165, 1.54) is 5.56 Å². The number of carbonyl (C=O) groups excluding carboxylic acids is 2. The van der Waals surface area contributed by atoms with Crippen LogP contribution >= 0.6 is 0 Å². The molecule has 1 aromatic heterocycles. The van der Waals surface area contributed by atoms with Gasteiger partial charge in [-0.1, -0.05) is 35.9 Å². The van der Waals surface area contributed by atoms with E-state index in [0.29, 0.717) is 37.3 Å². The van der Waals surface area contributed by atoms with Gasteiger partial charge in [-0.05, 0) is 62.9 Å². The first-order chi connectivity index (χ1) is 15.7. The number of rotatable bonds is 4. The summed E-state index contributed by atoms with van der Waals surface area (Å²) in [6.07, 6.45) is 3.87. The third kappa shape index (κ3) is 5.80. The molecule has 172 valence electrons. The summed E-state index contributed by atoms with van der Waals surface area (Å²) in [5.41, 5.74) is 5.20. The fourth-order valence-corrected chi connectivity index (χ4v) is 3.89. The molecule has 1 aliphatic heterocycles. The van der Waals surface area contributed by atoms with Gasteiger partial charge in [-0.2, -0.15) is 5.10 Å². The molecule has 2 heterocycles. The van der Waals surface area contributed by atoms with Crippen LogP contribution in [-0.4, -0.2) is 38.8 Å².